The lowest BCUT2D eigenvalue weighted by molar-refractivity contribution is 0.632. The SMILES string of the molecule is NNc1nc(Nc2c(F)cccc2Cl)c2cn[nH]c2n1. The molecule has 7 nitrogen and oxygen atoms in total. The van der Waals surface area contributed by atoms with Crippen molar-refractivity contribution in [3.05, 3.63) is 35.2 Å². The molecule has 1 aromatic carbocycles. The van der Waals surface area contributed by atoms with Gasteiger partial charge in [-0.2, -0.15) is 15.1 Å². The molecule has 0 saturated carbocycles. The van der Waals surface area contributed by atoms with E-state index >= 15 is 0 Å². The number of aromatic nitrogens is 4. The van der Waals surface area contributed by atoms with Crippen LogP contribution in [0.15, 0.2) is 24.4 Å². The second kappa shape index (κ2) is 4.91. The maximum absolute atomic E-state index is 13.8. The zero-order valence-corrected chi connectivity index (χ0v) is 10.7. The number of anilines is 3. The summed E-state index contributed by atoms with van der Waals surface area (Å²) < 4.78 is 13.8. The van der Waals surface area contributed by atoms with E-state index in [0.29, 0.717) is 16.9 Å². The van der Waals surface area contributed by atoms with Gasteiger partial charge in [0.05, 0.1) is 22.3 Å². The van der Waals surface area contributed by atoms with Crippen LogP contribution in [-0.2, 0) is 0 Å². The molecule has 0 amide bonds. The van der Waals surface area contributed by atoms with Crippen molar-refractivity contribution < 1.29 is 4.39 Å². The number of nitrogen functional groups attached to an aromatic ring is 1. The molecule has 0 spiro atoms. The van der Waals surface area contributed by atoms with Gasteiger partial charge < -0.3 is 5.32 Å². The maximum atomic E-state index is 13.8. The van der Waals surface area contributed by atoms with Crippen LogP contribution in [-0.4, -0.2) is 20.2 Å². The lowest BCUT2D eigenvalue weighted by atomic mass is 10.3. The van der Waals surface area contributed by atoms with E-state index in [-0.39, 0.29) is 16.7 Å². The van der Waals surface area contributed by atoms with Crippen molar-refractivity contribution in [2.45, 2.75) is 0 Å². The van der Waals surface area contributed by atoms with Gasteiger partial charge in [0.25, 0.3) is 0 Å². The number of nitrogens with one attached hydrogen (secondary N) is 3. The molecule has 0 fully saturated rings. The molecule has 0 atom stereocenters. The summed E-state index contributed by atoms with van der Waals surface area (Å²) in [6.45, 7) is 0. The van der Waals surface area contributed by atoms with E-state index in [1.807, 2.05) is 0 Å². The lowest BCUT2D eigenvalue weighted by Gasteiger charge is -2.10. The zero-order chi connectivity index (χ0) is 14.1. The molecular formula is C11H9ClFN7. The van der Waals surface area contributed by atoms with E-state index in [4.69, 9.17) is 17.4 Å². The molecule has 20 heavy (non-hydrogen) atoms. The van der Waals surface area contributed by atoms with Gasteiger partial charge in [-0.25, -0.2) is 10.2 Å². The molecule has 3 rings (SSSR count). The highest BCUT2D eigenvalue weighted by molar-refractivity contribution is 6.33. The van der Waals surface area contributed by atoms with Gasteiger partial charge in [0.15, 0.2) is 5.65 Å². The maximum Gasteiger partial charge on any atom is 0.241 e. The largest absolute Gasteiger partial charge is 0.336 e. The van der Waals surface area contributed by atoms with E-state index in [1.165, 1.54) is 18.3 Å². The summed E-state index contributed by atoms with van der Waals surface area (Å²) in [5.74, 6) is 5.30. The highest BCUT2D eigenvalue weighted by Crippen LogP contribution is 2.30. The van der Waals surface area contributed by atoms with Gasteiger partial charge in [-0.1, -0.05) is 17.7 Å². The Morgan fingerprint density at radius 3 is 2.90 bits per heavy atom. The summed E-state index contributed by atoms with van der Waals surface area (Å²) in [6, 6.07) is 4.38. The number of benzene rings is 1. The standard InChI is InChI=1S/C11H9ClFN7/c12-6-2-1-3-7(13)8(6)16-9-5-4-15-20-10(5)18-11(17-9)19-14/h1-4H,14H2,(H3,15,16,17,18,19,20). The third-order valence-corrected chi connectivity index (χ3v) is 2.96. The summed E-state index contributed by atoms with van der Waals surface area (Å²) in [5, 5.41) is 10.2. The van der Waals surface area contributed by atoms with Crippen molar-refractivity contribution in [3.8, 4) is 0 Å². The molecule has 0 bridgehead atoms. The molecule has 0 unspecified atom stereocenters. The molecule has 0 aliphatic heterocycles. The van der Waals surface area contributed by atoms with Crippen LogP contribution >= 0.6 is 11.6 Å². The van der Waals surface area contributed by atoms with E-state index in [9.17, 15) is 4.39 Å². The number of halogens is 2. The van der Waals surface area contributed by atoms with Crippen LogP contribution in [0.5, 0.6) is 0 Å². The fourth-order valence-corrected chi connectivity index (χ4v) is 1.94. The first kappa shape index (κ1) is 12.6. The number of hydrogen-bond acceptors (Lipinski definition) is 6. The van der Waals surface area contributed by atoms with Gasteiger partial charge in [0.1, 0.15) is 11.6 Å². The first-order valence-electron chi connectivity index (χ1n) is 5.58. The Morgan fingerprint density at radius 1 is 1.30 bits per heavy atom. The van der Waals surface area contributed by atoms with Crippen molar-refractivity contribution in [2.24, 2.45) is 5.84 Å². The number of fused-ring (bicyclic) bond motifs is 1. The molecule has 2 heterocycles. The van der Waals surface area contributed by atoms with Crippen molar-refractivity contribution in [3.63, 3.8) is 0 Å². The Bertz CT molecular complexity index is 752. The van der Waals surface area contributed by atoms with Gasteiger partial charge in [-0.3, -0.25) is 10.5 Å². The second-order valence-electron chi connectivity index (χ2n) is 3.89. The van der Waals surface area contributed by atoms with Gasteiger partial charge in [0, 0.05) is 0 Å². The van der Waals surface area contributed by atoms with E-state index in [0.717, 1.165) is 0 Å². The highest BCUT2D eigenvalue weighted by Gasteiger charge is 2.13. The molecule has 3 aromatic rings. The van der Waals surface area contributed by atoms with Crippen LogP contribution in [0.25, 0.3) is 11.0 Å². The van der Waals surface area contributed by atoms with Gasteiger partial charge in [-0.15, -0.1) is 0 Å². The number of nitrogens with zero attached hydrogens (tertiary/aromatic N) is 3. The Labute approximate surface area is 117 Å². The minimum Gasteiger partial charge on any atom is -0.336 e. The monoisotopic (exact) mass is 293 g/mol. The number of rotatable bonds is 3. The van der Waals surface area contributed by atoms with Crippen LogP contribution in [0.1, 0.15) is 0 Å². The zero-order valence-electron chi connectivity index (χ0n) is 9.98. The van der Waals surface area contributed by atoms with E-state index in [2.05, 4.69) is 30.9 Å². The Balaban J connectivity index is 2.12. The van der Waals surface area contributed by atoms with Crippen molar-refractivity contribution in [2.75, 3.05) is 10.7 Å². The summed E-state index contributed by atoms with van der Waals surface area (Å²) in [6.07, 6.45) is 1.52. The normalized spacial score (nSPS) is 10.8. The van der Waals surface area contributed by atoms with Gasteiger partial charge in [0.2, 0.25) is 5.95 Å². The minimum atomic E-state index is -0.491. The number of para-hydroxylation sites is 1. The van der Waals surface area contributed by atoms with Crippen LogP contribution in [0.3, 0.4) is 0 Å². The first-order chi connectivity index (χ1) is 9.69. The highest BCUT2D eigenvalue weighted by atomic mass is 35.5. The molecule has 0 saturated heterocycles. The molecule has 0 aliphatic carbocycles. The molecule has 5 N–H and O–H groups in total. The number of aromatic amines is 1. The number of hydrazine groups is 1. The number of hydrogen-bond donors (Lipinski definition) is 4. The first-order valence-corrected chi connectivity index (χ1v) is 5.95. The lowest BCUT2D eigenvalue weighted by Crippen LogP contribution is -2.11. The molecular weight excluding hydrogens is 285 g/mol. The number of nitrogens with two attached hydrogens (primary N) is 1. The average molecular weight is 294 g/mol. The molecule has 102 valence electrons. The topological polar surface area (TPSA) is 105 Å². The van der Waals surface area contributed by atoms with Crippen LogP contribution in [0, 0.1) is 5.82 Å². The minimum absolute atomic E-state index is 0.123. The second-order valence-corrected chi connectivity index (χ2v) is 4.30. The van der Waals surface area contributed by atoms with E-state index < -0.39 is 5.82 Å². The van der Waals surface area contributed by atoms with Crippen molar-refractivity contribution in [1.29, 1.82) is 0 Å². The third-order valence-electron chi connectivity index (χ3n) is 2.65. The molecule has 0 aliphatic rings. The Morgan fingerprint density at radius 2 is 2.15 bits per heavy atom. The Hall–Kier alpha value is -2.45. The summed E-state index contributed by atoms with van der Waals surface area (Å²) in [7, 11) is 0. The number of H-pyrrole nitrogens is 1. The fraction of sp³-hybridized carbons (Fsp3) is 0. The van der Waals surface area contributed by atoms with Crippen LogP contribution < -0.4 is 16.6 Å². The molecule has 0 radical (unpaired) electrons. The molecule has 2 aromatic heterocycles. The summed E-state index contributed by atoms with van der Waals surface area (Å²) in [4.78, 5) is 8.19. The Kier molecular flexibility index (Phi) is 3.09. The third kappa shape index (κ3) is 2.10. The van der Waals surface area contributed by atoms with Gasteiger partial charge in [-0.05, 0) is 12.1 Å². The van der Waals surface area contributed by atoms with Crippen molar-refractivity contribution in [1.82, 2.24) is 20.2 Å². The summed E-state index contributed by atoms with van der Waals surface area (Å²) >= 11 is 5.97. The predicted octanol–water partition coefficient (Wildman–Crippen LogP) is 2.17. The van der Waals surface area contributed by atoms with Crippen molar-refractivity contribution >= 4 is 40.1 Å². The summed E-state index contributed by atoms with van der Waals surface area (Å²) in [5.41, 5.74) is 2.91. The predicted molar refractivity (Wildman–Crippen MR) is 74.2 cm³/mol. The average Bonchev–Trinajstić information content (AvgIpc) is 2.91. The molecule has 9 heteroatoms. The fourth-order valence-electron chi connectivity index (χ4n) is 1.73. The quantitative estimate of drug-likeness (QED) is 0.436. The smallest absolute Gasteiger partial charge is 0.241 e. The van der Waals surface area contributed by atoms with Gasteiger partial charge >= 0.3 is 0 Å². The van der Waals surface area contributed by atoms with Crippen LogP contribution in [0.4, 0.5) is 21.8 Å². The van der Waals surface area contributed by atoms with E-state index in [1.54, 1.807) is 6.07 Å². The van der Waals surface area contributed by atoms with Crippen LogP contribution in [0.2, 0.25) is 5.02 Å².